The molecule has 0 saturated heterocycles. The van der Waals surface area contributed by atoms with Crippen LogP contribution in [0, 0.1) is 6.92 Å². The van der Waals surface area contributed by atoms with Gasteiger partial charge in [-0.15, -0.1) is 11.3 Å². The first-order valence-electron chi connectivity index (χ1n) is 9.82. The van der Waals surface area contributed by atoms with Crippen molar-refractivity contribution in [3.63, 3.8) is 0 Å². The molecule has 2 aromatic carbocycles. The lowest BCUT2D eigenvalue weighted by atomic mass is 10.1. The SMILES string of the molecule is Cc1sc2c(C(N)=O)cccc2c1-c1nc2c(c(NCc3ccccc3)n1)CNC2. The van der Waals surface area contributed by atoms with Gasteiger partial charge in [0.1, 0.15) is 5.82 Å². The molecule has 2 aromatic heterocycles. The summed E-state index contributed by atoms with van der Waals surface area (Å²) >= 11 is 1.56. The Kier molecular flexibility index (Phi) is 4.69. The molecule has 0 fully saturated rings. The number of nitrogens with two attached hydrogens (primary N) is 1. The largest absolute Gasteiger partial charge is 0.366 e. The first kappa shape index (κ1) is 18.7. The quantitative estimate of drug-likeness (QED) is 0.458. The van der Waals surface area contributed by atoms with Crippen molar-refractivity contribution in [1.29, 1.82) is 0 Å². The number of hydrogen-bond donors (Lipinski definition) is 3. The van der Waals surface area contributed by atoms with Crippen molar-refractivity contribution in [2.75, 3.05) is 5.32 Å². The minimum Gasteiger partial charge on any atom is -0.366 e. The van der Waals surface area contributed by atoms with E-state index in [4.69, 9.17) is 15.7 Å². The highest BCUT2D eigenvalue weighted by atomic mass is 32.1. The van der Waals surface area contributed by atoms with Crippen LogP contribution in [-0.4, -0.2) is 15.9 Å². The summed E-state index contributed by atoms with van der Waals surface area (Å²) in [5.41, 5.74) is 10.4. The number of nitrogens with zero attached hydrogens (tertiary/aromatic N) is 2. The topological polar surface area (TPSA) is 92.9 Å². The number of aryl methyl sites for hydroxylation is 1. The fraction of sp³-hybridized carbons (Fsp3) is 0.174. The smallest absolute Gasteiger partial charge is 0.250 e. The van der Waals surface area contributed by atoms with Crippen LogP contribution in [0.5, 0.6) is 0 Å². The van der Waals surface area contributed by atoms with Crippen molar-refractivity contribution < 1.29 is 4.79 Å². The second kappa shape index (κ2) is 7.51. The number of aromatic nitrogens is 2. The highest BCUT2D eigenvalue weighted by Gasteiger charge is 2.23. The third-order valence-electron chi connectivity index (χ3n) is 5.37. The zero-order chi connectivity index (χ0) is 20.7. The van der Waals surface area contributed by atoms with Crippen LogP contribution < -0.4 is 16.4 Å². The highest BCUT2D eigenvalue weighted by molar-refractivity contribution is 7.20. The third kappa shape index (κ3) is 3.22. The number of fused-ring (bicyclic) bond motifs is 2. The number of carbonyl (C=O) groups is 1. The van der Waals surface area contributed by atoms with Crippen LogP contribution in [-0.2, 0) is 19.6 Å². The van der Waals surface area contributed by atoms with Gasteiger partial charge in [0.15, 0.2) is 5.82 Å². The van der Waals surface area contributed by atoms with Crippen LogP contribution in [0.4, 0.5) is 5.82 Å². The van der Waals surface area contributed by atoms with Crippen molar-refractivity contribution in [2.24, 2.45) is 5.73 Å². The average Bonchev–Trinajstić information content (AvgIpc) is 3.35. The number of primary amides is 1. The van der Waals surface area contributed by atoms with Gasteiger partial charge in [-0.1, -0.05) is 42.5 Å². The summed E-state index contributed by atoms with van der Waals surface area (Å²) in [6.07, 6.45) is 0. The number of carbonyl (C=O) groups excluding carboxylic acids is 1. The van der Waals surface area contributed by atoms with Gasteiger partial charge in [-0.25, -0.2) is 9.97 Å². The van der Waals surface area contributed by atoms with Crippen molar-refractivity contribution in [3.8, 4) is 11.4 Å². The molecular weight excluding hydrogens is 394 g/mol. The number of anilines is 1. The minimum absolute atomic E-state index is 0.419. The molecule has 4 aromatic rings. The van der Waals surface area contributed by atoms with Crippen LogP contribution in [0.25, 0.3) is 21.5 Å². The van der Waals surface area contributed by atoms with E-state index in [1.54, 1.807) is 17.4 Å². The monoisotopic (exact) mass is 415 g/mol. The molecule has 6 nitrogen and oxygen atoms in total. The maximum absolute atomic E-state index is 11.9. The van der Waals surface area contributed by atoms with Gasteiger partial charge >= 0.3 is 0 Å². The molecule has 0 atom stereocenters. The molecule has 0 bridgehead atoms. The van der Waals surface area contributed by atoms with Gasteiger partial charge in [0, 0.05) is 45.7 Å². The van der Waals surface area contributed by atoms with Crippen LogP contribution in [0.15, 0.2) is 48.5 Å². The minimum atomic E-state index is -0.419. The lowest BCUT2D eigenvalue weighted by Crippen LogP contribution is -2.10. The van der Waals surface area contributed by atoms with E-state index >= 15 is 0 Å². The molecule has 0 spiro atoms. The Bertz CT molecular complexity index is 1270. The lowest BCUT2D eigenvalue weighted by Gasteiger charge is -2.12. The summed E-state index contributed by atoms with van der Waals surface area (Å²) in [5.74, 6) is 1.12. The summed E-state index contributed by atoms with van der Waals surface area (Å²) in [7, 11) is 0. The predicted molar refractivity (Wildman–Crippen MR) is 120 cm³/mol. The molecule has 0 saturated carbocycles. The molecule has 5 rings (SSSR count). The van der Waals surface area contributed by atoms with E-state index in [1.165, 1.54) is 5.56 Å². The van der Waals surface area contributed by atoms with Crippen LogP contribution in [0.2, 0.25) is 0 Å². The van der Waals surface area contributed by atoms with Crippen molar-refractivity contribution in [1.82, 2.24) is 15.3 Å². The van der Waals surface area contributed by atoms with Crippen LogP contribution >= 0.6 is 11.3 Å². The Hall–Kier alpha value is -3.29. The van der Waals surface area contributed by atoms with E-state index in [0.29, 0.717) is 17.9 Å². The normalized spacial score (nSPS) is 12.8. The highest BCUT2D eigenvalue weighted by Crippen LogP contribution is 2.39. The van der Waals surface area contributed by atoms with E-state index in [1.807, 2.05) is 37.3 Å². The number of amides is 1. The van der Waals surface area contributed by atoms with Gasteiger partial charge < -0.3 is 16.4 Å². The fourth-order valence-corrected chi connectivity index (χ4v) is 5.09. The number of rotatable bonds is 5. The molecule has 30 heavy (non-hydrogen) atoms. The molecule has 0 radical (unpaired) electrons. The van der Waals surface area contributed by atoms with Crippen LogP contribution in [0.1, 0.15) is 32.1 Å². The standard InChI is InChI=1S/C23H21N5OS/c1-13-19(15-8-5-9-16(21(24)29)20(15)30-13)23-27-18-12-25-11-17(18)22(28-23)26-10-14-6-3-2-4-7-14/h2-9,25H,10-12H2,1H3,(H2,24,29)(H,26,27,28). The second-order valence-corrected chi connectivity index (χ2v) is 8.57. The number of benzene rings is 2. The molecule has 150 valence electrons. The van der Waals surface area contributed by atoms with E-state index in [9.17, 15) is 4.79 Å². The number of hydrogen-bond acceptors (Lipinski definition) is 6. The van der Waals surface area contributed by atoms with Gasteiger partial charge in [0.25, 0.3) is 0 Å². The van der Waals surface area contributed by atoms with E-state index in [2.05, 4.69) is 22.8 Å². The molecule has 1 aliphatic heterocycles. The molecule has 4 N–H and O–H groups in total. The third-order valence-corrected chi connectivity index (χ3v) is 6.52. The predicted octanol–water partition coefficient (Wildman–Crippen LogP) is 3.98. The van der Waals surface area contributed by atoms with Gasteiger partial charge in [-0.05, 0) is 18.6 Å². The van der Waals surface area contributed by atoms with Gasteiger partial charge in [0.05, 0.1) is 11.3 Å². The van der Waals surface area contributed by atoms with Crippen molar-refractivity contribution in [2.45, 2.75) is 26.6 Å². The Balaban J connectivity index is 1.61. The van der Waals surface area contributed by atoms with E-state index in [-0.39, 0.29) is 0 Å². The number of nitrogens with one attached hydrogen (secondary N) is 2. The van der Waals surface area contributed by atoms with Crippen molar-refractivity contribution >= 4 is 33.1 Å². The fourth-order valence-electron chi connectivity index (χ4n) is 3.92. The lowest BCUT2D eigenvalue weighted by molar-refractivity contribution is 0.100. The Morgan fingerprint density at radius 2 is 1.97 bits per heavy atom. The maximum atomic E-state index is 11.9. The molecule has 0 unspecified atom stereocenters. The zero-order valence-corrected chi connectivity index (χ0v) is 17.3. The summed E-state index contributed by atoms with van der Waals surface area (Å²) in [5, 5.41) is 7.84. The molecule has 1 amide bonds. The Morgan fingerprint density at radius 1 is 1.13 bits per heavy atom. The summed E-state index contributed by atoms with van der Waals surface area (Å²) < 4.78 is 0.888. The summed E-state index contributed by atoms with van der Waals surface area (Å²) in [4.78, 5) is 22.7. The first-order valence-corrected chi connectivity index (χ1v) is 10.6. The Morgan fingerprint density at radius 3 is 2.77 bits per heavy atom. The van der Waals surface area contributed by atoms with Gasteiger partial charge in [-0.3, -0.25) is 4.79 Å². The summed E-state index contributed by atoms with van der Waals surface area (Å²) in [6.45, 7) is 4.20. The average molecular weight is 416 g/mol. The second-order valence-electron chi connectivity index (χ2n) is 7.34. The first-order chi connectivity index (χ1) is 14.6. The van der Waals surface area contributed by atoms with Crippen molar-refractivity contribution in [3.05, 3.63) is 75.8 Å². The molecule has 0 aliphatic carbocycles. The van der Waals surface area contributed by atoms with Gasteiger partial charge in [0.2, 0.25) is 5.91 Å². The van der Waals surface area contributed by atoms with Gasteiger partial charge in [-0.2, -0.15) is 0 Å². The summed E-state index contributed by atoms with van der Waals surface area (Å²) in [6, 6.07) is 15.9. The molecular formula is C23H21N5OS. The maximum Gasteiger partial charge on any atom is 0.250 e. The Labute approximate surface area is 178 Å². The van der Waals surface area contributed by atoms with E-state index in [0.717, 1.165) is 50.7 Å². The molecule has 1 aliphatic rings. The number of thiophene rings is 1. The van der Waals surface area contributed by atoms with E-state index < -0.39 is 5.91 Å². The van der Waals surface area contributed by atoms with Crippen LogP contribution in [0.3, 0.4) is 0 Å². The molecule has 3 heterocycles. The zero-order valence-electron chi connectivity index (χ0n) is 16.5. The molecule has 7 heteroatoms.